The van der Waals surface area contributed by atoms with E-state index in [9.17, 15) is 9.59 Å². The fourth-order valence-corrected chi connectivity index (χ4v) is 2.97. The number of amides is 1. The van der Waals surface area contributed by atoms with Crippen molar-refractivity contribution in [1.82, 2.24) is 4.90 Å². The number of likely N-dealkylation sites (tertiary alicyclic amines) is 1. The van der Waals surface area contributed by atoms with E-state index in [1.807, 2.05) is 42.5 Å². The van der Waals surface area contributed by atoms with Crippen molar-refractivity contribution >= 4 is 17.6 Å². The first-order chi connectivity index (χ1) is 12.6. The molecule has 1 aliphatic rings. The van der Waals surface area contributed by atoms with Crippen LogP contribution in [0.2, 0.25) is 0 Å². The van der Waals surface area contributed by atoms with E-state index in [1.54, 1.807) is 12.1 Å². The van der Waals surface area contributed by atoms with Crippen LogP contribution in [0.5, 0.6) is 0 Å². The van der Waals surface area contributed by atoms with E-state index in [1.165, 1.54) is 18.9 Å². The maximum atomic E-state index is 12.9. The van der Waals surface area contributed by atoms with Crippen molar-refractivity contribution in [3.05, 3.63) is 60.2 Å². The number of carbonyl (C=O) groups excluding carboxylic acids is 2. The fourth-order valence-electron chi connectivity index (χ4n) is 2.97. The molecule has 6 heteroatoms. The number of rotatable bonds is 4. The highest BCUT2D eigenvalue weighted by Gasteiger charge is 2.36. The maximum absolute atomic E-state index is 12.9. The minimum Gasteiger partial charge on any atom is -0.441 e. The van der Waals surface area contributed by atoms with Gasteiger partial charge in [0.15, 0.2) is 6.23 Å². The fraction of sp³-hybridized carbons (Fsp3) is 0.250. The van der Waals surface area contributed by atoms with Gasteiger partial charge in [-0.05, 0) is 23.3 Å². The monoisotopic (exact) mass is 352 g/mol. The Kier molecular flexibility index (Phi) is 5.31. The Bertz CT molecular complexity index is 815. The second-order valence-electron chi connectivity index (χ2n) is 5.98. The molecule has 134 valence electrons. The lowest BCUT2D eigenvalue weighted by atomic mass is 10.0. The molecule has 1 amide bonds. The Hall–Kier alpha value is -3.15. The number of nitrogens with zero attached hydrogens (tertiary/aromatic N) is 2. The van der Waals surface area contributed by atoms with Gasteiger partial charge in [0.25, 0.3) is 5.91 Å². The molecule has 1 heterocycles. The van der Waals surface area contributed by atoms with Crippen molar-refractivity contribution in [2.75, 3.05) is 13.7 Å². The molecule has 26 heavy (non-hydrogen) atoms. The number of ether oxygens (including phenoxy) is 1. The van der Waals surface area contributed by atoms with Crippen molar-refractivity contribution in [3.63, 3.8) is 0 Å². The maximum Gasteiger partial charge on any atom is 0.304 e. The van der Waals surface area contributed by atoms with Crippen LogP contribution in [-0.4, -0.2) is 42.4 Å². The van der Waals surface area contributed by atoms with Gasteiger partial charge in [0, 0.05) is 18.9 Å². The third kappa shape index (κ3) is 3.91. The van der Waals surface area contributed by atoms with Crippen LogP contribution >= 0.6 is 0 Å². The van der Waals surface area contributed by atoms with E-state index in [4.69, 9.17) is 9.57 Å². The number of hydrogen-bond acceptors (Lipinski definition) is 5. The van der Waals surface area contributed by atoms with Gasteiger partial charge in [-0.25, -0.2) is 0 Å². The molecule has 2 aromatic carbocycles. The van der Waals surface area contributed by atoms with Crippen molar-refractivity contribution < 1.29 is 19.2 Å². The van der Waals surface area contributed by atoms with Crippen LogP contribution in [0.4, 0.5) is 0 Å². The second kappa shape index (κ2) is 7.82. The van der Waals surface area contributed by atoms with E-state index in [0.717, 1.165) is 11.1 Å². The second-order valence-corrected chi connectivity index (χ2v) is 5.98. The molecule has 1 saturated heterocycles. The summed E-state index contributed by atoms with van der Waals surface area (Å²) in [7, 11) is 1.45. The zero-order valence-corrected chi connectivity index (χ0v) is 14.7. The van der Waals surface area contributed by atoms with Gasteiger partial charge in [-0.2, -0.15) is 0 Å². The Morgan fingerprint density at radius 3 is 2.31 bits per heavy atom. The van der Waals surface area contributed by atoms with Gasteiger partial charge in [-0.15, -0.1) is 0 Å². The molecule has 1 fully saturated rings. The molecule has 2 aromatic rings. The molecule has 0 aromatic heterocycles. The van der Waals surface area contributed by atoms with E-state index in [0.29, 0.717) is 17.7 Å². The normalized spacial score (nSPS) is 18.0. The lowest BCUT2D eigenvalue weighted by Gasteiger charge is -2.23. The van der Waals surface area contributed by atoms with Crippen LogP contribution in [0.3, 0.4) is 0 Å². The highest BCUT2D eigenvalue weighted by atomic mass is 16.6. The topological polar surface area (TPSA) is 68.2 Å². The van der Waals surface area contributed by atoms with Crippen molar-refractivity contribution in [3.8, 4) is 11.1 Å². The van der Waals surface area contributed by atoms with Gasteiger partial charge in [0.2, 0.25) is 0 Å². The first kappa shape index (κ1) is 17.7. The Labute approximate surface area is 152 Å². The lowest BCUT2D eigenvalue weighted by molar-refractivity contribution is -0.151. The van der Waals surface area contributed by atoms with Crippen molar-refractivity contribution in [2.24, 2.45) is 5.16 Å². The zero-order valence-electron chi connectivity index (χ0n) is 14.7. The minimum absolute atomic E-state index is 0.211. The average Bonchev–Trinajstić information content (AvgIpc) is 3.04. The van der Waals surface area contributed by atoms with Crippen LogP contribution in [0.25, 0.3) is 11.1 Å². The smallest absolute Gasteiger partial charge is 0.304 e. The Balaban J connectivity index is 1.80. The number of carbonyl (C=O) groups is 2. The summed E-state index contributed by atoms with van der Waals surface area (Å²) in [5, 5.41) is 3.89. The van der Waals surface area contributed by atoms with Crippen LogP contribution < -0.4 is 0 Å². The molecule has 0 radical (unpaired) electrons. The molecule has 0 bridgehead atoms. The van der Waals surface area contributed by atoms with Crippen molar-refractivity contribution in [2.45, 2.75) is 19.6 Å². The summed E-state index contributed by atoms with van der Waals surface area (Å²) in [5.41, 5.74) is 3.30. The van der Waals surface area contributed by atoms with Crippen LogP contribution in [0, 0.1) is 0 Å². The van der Waals surface area contributed by atoms with Gasteiger partial charge in [-0.1, -0.05) is 47.6 Å². The minimum atomic E-state index is -0.664. The summed E-state index contributed by atoms with van der Waals surface area (Å²) < 4.78 is 5.27. The standard InChI is InChI=1S/C20H20N2O4/c1-14(23)26-19-12-18(21-25-2)13-22(19)20(24)17-10-8-16(9-11-17)15-6-4-3-5-7-15/h3-11,19H,12-13H2,1-2H3/b21-18+/t19-/m0/s1. The lowest BCUT2D eigenvalue weighted by Crippen LogP contribution is -2.38. The molecule has 0 unspecified atom stereocenters. The summed E-state index contributed by atoms with van der Waals surface area (Å²) in [4.78, 5) is 30.5. The predicted octanol–water partition coefficient (Wildman–Crippen LogP) is 3.09. The Morgan fingerprint density at radius 1 is 1.04 bits per heavy atom. The van der Waals surface area contributed by atoms with E-state index < -0.39 is 12.2 Å². The molecular formula is C20H20N2O4. The van der Waals surface area contributed by atoms with E-state index >= 15 is 0 Å². The highest BCUT2D eigenvalue weighted by Crippen LogP contribution is 2.23. The van der Waals surface area contributed by atoms with E-state index in [-0.39, 0.29) is 12.5 Å². The summed E-state index contributed by atoms with van der Waals surface area (Å²) in [6, 6.07) is 17.3. The molecule has 1 atom stereocenters. The summed E-state index contributed by atoms with van der Waals surface area (Å²) in [6.07, 6.45) is -0.316. The molecule has 0 N–H and O–H groups in total. The zero-order chi connectivity index (χ0) is 18.5. The predicted molar refractivity (Wildman–Crippen MR) is 97.5 cm³/mol. The van der Waals surface area contributed by atoms with E-state index in [2.05, 4.69) is 5.16 Å². The number of esters is 1. The number of hydrogen-bond donors (Lipinski definition) is 0. The first-order valence-electron chi connectivity index (χ1n) is 8.31. The summed E-state index contributed by atoms with van der Waals surface area (Å²) in [6.45, 7) is 1.59. The average molecular weight is 352 g/mol. The molecule has 1 aliphatic heterocycles. The van der Waals surface area contributed by atoms with Crippen LogP contribution in [0.15, 0.2) is 59.8 Å². The summed E-state index contributed by atoms with van der Waals surface area (Å²) in [5.74, 6) is -0.650. The molecule has 3 rings (SSSR count). The van der Waals surface area contributed by atoms with Gasteiger partial charge in [0.05, 0.1) is 12.3 Å². The SMILES string of the molecule is CO/N=C1\C[C@H](OC(C)=O)N(C(=O)c2ccc(-c3ccccc3)cc2)C1. The van der Waals surface area contributed by atoms with Crippen molar-refractivity contribution in [1.29, 1.82) is 0 Å². The molecule has 0 spiro atoms. The Morgan fingerprint density at radius 2 is 1.69 bits per heavy atom. The molecule has 6 nitrogen and oxygen atoms in total. The highest BCUT2D eigenvalue weighted by molar-refractivity contribution is 6.00. The van der Waals surface area contributed by atoms with Crippen LogP contribution in [-0.2, 0) is 14.4 Å². The molecular weight excluding hydrogens is 332 g/mol. The largest absolute Gasteiger partial charge is 0.441 e. The first-order valence-corrected chi connectivity index (χ1v) is 8.31. The van der Waals surface area contributed by atoms with Gasteiger partial charge < -0.3 is 9.57 Å². The molecule has 0 aliphatic carbocycles. The number of oxime groups is 1. The third-order valence-corrected chi connectivity index (χ3v) is 4.13. The molecule has 0 saturated carbocycles. The van der Waals surface area contributed by atoms with Gasteiger partial charge in [-0.3, -0.25) is 14.5 Å². The van der Waals surface area contributed by atoms with Gasteiger partial charge in [0.1, 0.15) is 7.11 Å². The summed E-state index contributed by atoms with van der Waals surface area (Å²) >= 11 is 0. The van der Waals surface area contributed by atoms with Gasteiger partial charge >= 0.3 is 5.97 Å². The number of benzene rings is 2. The quantitative estimate of drug-likeness (QED) is 0.626. The third-order valence-electron chi connectivity index (χ3n) is 4.13. The van der Waals surface area contributed by atoms with Crippen LogP contribution in [0.1, 0.15) is 23.7 Å².